The van der Waals surface area contributed by atoms with Gasteiger partial charge in [0.05, 0.1) is 11.6 Å². The molecular weight excluding hydrogens is 382 g/mol. The zero-order valence-corrected chi connectivity index (χ0v) is 17.4. The fourth-order valence-corrected chi connectivity index (χ4v) is 4.49. The molecule has 1 aromatic carbocycles. The summed E-state index contributed by atoms with van der Waals surface area (Å²) < 4.78 is 0. The largest absolute Gasteiger partial charge is 0.353 e. The summed E-state index contributed by atoms with van der Waals surface area (Å²) in [6.07, 6.45) is 2.25. The van der Waals surface area contributed by atoms with Gasteiger partial charge in [0.15, 0.2) is 5.82 Å². The fourth-order valence-electron chi connectivity index (χ4n) is 3.86. The monoisotopic (exact) mass is 407 g/mol. The van der Waals surface area contributed by atoms with Gasteiger partial charge in [-0.05, 0) is 43.3 Å². The van der Waals surface area contributed by atoms with E-state index in [1.165, 1.54) is 0 Å². The Balaban J connectivity index is 1.36. The number of carbonyl (C=O) groups is 1. The molecule has 1 amide bonds. The van der Waals surface area contributed by atoms with Crippen LogP contribution in [0.25, 0.3) is 22.3 Å². The van der Waals surface area contributed by atoms with E-state index in [0.29, 0.717) is 6.04 Å². The molecule has 0 radical (unpaired) electrons. The number of piperazine rings is 1. The minimum absolute atomic E-state index is 0.0822. The molecule has 5 rings (SSSR count). The highest BCUT2D eigenvalue weighted by atomic mass is 32.1. The Morgan fingerprint density at radius 1 is 1.14 bits per heavy atom. The maximum absolute atomic E-state index is 12.4. The zero-order chi connectivity index (χ0) is 19.8. The standard InChI is InChI=1S/C22H25N5OS/c1-15(22(28)23-17-6-7-17)26-9-11-27(12-10-26)21-18-4-2-3-5-19(18)24-20(25-21)16-8-13-29-14-16/h2-5,8,13-15,17H,6-7,9-12H2,1H3,(H,23,28)/t15-/m1/s1. The Kier molecular flexibility index (Phi) is 4.93. The topological polar surface area (TPSA) is 61.4 Å². The van der Waals surface area contributed by atoms with Gasteiger partial charge in [-0.3, -0.25) is 9.69 Å². The summed E-state index contributed by atoms with van der Waals surface area (Å²) in [7, 11) is 0. The third-order valence-corrected chi connectivity index (χ3v) is 6.51. The van der Waals surface area contributed by atoms with Crippen molar-refractivity contribution in [2.75, 3.05) is 31.1 Å². The number of anilines is 1. The van der Waals surface area contributed by atoms with E-state index in [4.69, 9.17) is 9.97 Å². The third kappa shape index (κ3) is 3.84. The highest BCUT2D eigenvalue weighted by Gasteiger charge is 2.30. The SMILES string of the molecule is C[C@H](C(=O)NC1CC1)N1CCN(c2nc(-c3ccsc3)nc3ccccc23)CC1. The van der Waals surface area contributed by atoms with Gasteiger partial charge in [-0.2, -0.15) is 11.3 Å². The first-order valence-corrected chi connectivity index (χ1v) is 11.2. The number of benzene rings is 1. The molecule has 6 nitrogen and oxygen atoms in total. The smallest absolute Gasteiger partial charge is 0.237 e. The third-order valence-electron chi connectivity index (χ3n) is 5.83. The van der Waals surface area contributed by atoms with E-state index in [9.17, 15) is 4.79 Å². The molecule has 2 aliphatic rings. The van der Waals surface area contributed by atoms with E-state index in [1.54, 1.807) is 11.3 Å². The van der Waals surface area contributed by atoms with Crippen LogP contribution >= 0.6 is 11.3 Å². The van der Waals surface area contributed by atoms with Crippen LogP contribution in [-0.4, -0.2) is 59.0 Å². The maximum atomic E-state index is 12.4. The van der Waals surface area contributed by atoms with E-state index in [2.05, 4.69) is 44.1 Å². The summed E-state index contributed by atoms with van der Waals surface area (Å²) in [5, 5.41) is 8.36. The summed E-state index contributed by atoms with van der Waals surface area (Å²) in [5.74, 6) is 1.93. The quantitative estimate of drug-likeness (QED) is 0.704. The molecule has 2 fully saturated rings. The normalized spacial score (nSPS) is 18.7. The second-order valence-corrected chi connectivity index (χ2v) is 8.66. The van der Waals surface area contributed by atoms with Crippen LogP contribution in [0.3, 0.4) is 0 Å². The van der Waals surface area contributed by atoms with E-state index in [0.717, 1.165) is 67.1 Å². The van der Waals surface area contributed by atoms with E-state index >= 15 is 0 Å². The summed E-state index contributed by atoms with van der Waals surface area (Å²) >= 11 is 1.66. The molecule has 0 unspecified atom stereocenters. The van der Waals surface area contributed by atoms with Gasteiger partial charge in [0.25, 0.3) is 0 Å². The van der Waals surface area contributed by atoms with Crippen LogP contribution in [-0.2, 0) is 4.79 Å². The molecule has 29 heavy (non-hydrogen) atoms. The van der Waals surface area contributed by atoms with Gasteiger partial charge in [0, 0.05) is 48.6 Å². The van der Waals surface area contributed by atoms with Crippen molar-refractivity contribution in [1.29, 1.82) is 0 Å². The van der Waals surface area contributed by atoms with E-state index in [-0.39, 0.29) is 11.9 Å². The van der Waals surface area contributed by atoms with Gasteiger partial charge in [-0.1, -0.05) is 12.1 Å². The Morgan fingerprint density at radius 3 is 2.66 bits per heavy atom. The van der Waals surface area contributed by atoms with Gasteiger partial charge < -0.3 is 10.2 Å². The number of rotatable bonds is 5. The van der Waals surface area contributed by atoms with Gasteiger partial charge in [-0.25, -0.2) is 9.97 Å². The van der Waals surface area contributed by atoms with Crippen molar-refractivity contribution < 1.29 is 4.79 Å². The lowest BCUT2D eigenvalue weighted by molar-refractivity contribution is -0.126. The zero-order valence-electron chi connectivity index (χ0n) is 16.5. The lowest BCUT2D eigenvalue weighted by Crippen LogP contribution is -2.54. The molecule has 7 heteroatoms. The van der Waals surface area contributed by atoms with Crippen LogP contribution in [0.5, 0.6) is 0 Å². The second kappa shape index (κ2) is 7.72. The number of hydrogen-bond acceptors (Lipinski definition) is 6. The number of fused-ring (bicyclic) bond motifs is 1. The highest BCUT2D eigenvalue weighted by molar-refractivity contribution is 7.08. The van der Waals surface area contributed by atoms with Crippen molar-refractivity contribution in [3.05, 3.63) is 41.1 Å². The van der Waals surface area contributed by atoms with Gasteiger partial charge in [0.2, 0.25) is 5.91 Å². The summed E-state index contributed by atoms with van der Waals surface area (Å²) in [6.45, 7) is 5.43. The molecular formula is C22H25N5OS. The molecule has 2 aromatic heterocycles. The van der Waals surface area contributed by atoms with Crippen molar-refractivity contribution in [2.45, 2.75) is 31.8 Å². The number of thiophene rings is 1. The number of carbonyl (C=O) groups excluding carboxylic acids is 1. The Labute approximate surface area is 174 Å². The highest BCUT2D eigenvalue weighted by Crippen LogP contribution is 2.29. The van der Waals surface area contributed by atoms with E-state index < -0.39 is 0 Å². The van der Waals surface area contributed by atoms with Crippen LogP contribution in [0.1, 0.15) is 19.8 Å². The first-order chi connectivity index (χ1) is 14.2. The number of amides is 1. The molecule has 3 heterocycles. The summed E-state index contributed by atoms with van der Waals surface area (Å²) in [5.41, 5.74) is 2.03. The average Bonchev–Trinajstić information content (AvgIpc) is 3.40. The molecule has 0 bridgehead atoms. The predicted molar refractivity (Wildman–Crippen MR) is 117 cm³/mol. The number of nitrogens with zero attached hydrogens (tertiary/aromatic N) is 4. The van der Waals surface area contributed by atoms with E-state index in [1.807, 2.05) is 19.1 Å². The van der Waals surface area contributed by atoms with Gasteiger partial charge >= 0.3 is 0 Å². The second-order valence-electron chi connectivity index (χ2n) is 7.88. The number of hydrogen-bond donors (Lipinski definition) is 1. The molecule has 1 atom stereocenters. The lowest BCUT2D eigenvalue weighted by atomic mass is 10.1. The summed E-state index contributed by atoms with van der Waals surface area (Å²) in [6, 6.07) is 10.6. The number of aromatic nitrogens is 2. The average molecular weight is 408 g/mol. The van der Waals surface area contributed by atoms with Crippen molar-refractivity contribution in [3.8, 4) is 11.4 Å². The lowest BCUT2D eigenvalue weighted by Gasteiger charge is -2.38. The molecule has 150 valence electrons. The van der Waals surface area contributed by atoms with Gasteiger partial charge in [-0.15, -0.1) is 0 Å². The van der Waals surface area contributed by atoms with Crippen LogP contribution in [0, 0.1) is 0 Å². The van der Waals surface area contributed by atoms with Crippen molar-refractivity contribution in [1.82, 2.24) is 20.2 Å². The van der Waals surface area contributed by atoms with Crippen LogP contribution < -0.4 is 10.2 Å². The number of nitrogens with one attached hydrogen (secondary N) is 1. The molecule has 1 saturated heterocycles. The predicted octanol–water partition coefficient (Wildman–Crippen LogP) is 3.15. The molecule has 1 saturated carbocycles. The first kappa shape index (κ1) is 18.5. The molecule has 1 aliphatic heterocycles. The van der Waals surface area contributed by atoms with Crippen molar-refractivity contribution in [2.24, 2.45) is 0 Å². The molecule has 3 aromatic rings. The van der Waals surface area contributed by atoms with Crippen LogP contribution in [0.15, 0.2) is 41.1 Å². The van der Waals surface area contributed by atoms with Crippen LogP contribution in [0.2, 0.25) is 0 Å². The first-order valence-electron chi connectivity index (χ1n) is 10.3. The van der Waals surface area contributed by atoms with Crippen molar-refractivity contribution >= 4 is 34.0 Å². The molecule has 1 N–H and O–H groups in total. The minimum Gasteiger partial charge on any atom is -0.353 e. The summed E-state index contributed by atoms with van der Waals surface area (Å²) in [4.78, 5) is 26.7. The van der Waals surface area contributed by atoms with Crippen LogP contribution in [0.4, 0.5) is 5.82 Å². The Morgan fingerprint density at radius 2 is 1.93 bits per heavy atom. The Bertz CT molecular complexity index is 1010. The minimum atomic E-state index is -0.0822. The molecule has 0 spiro atoms. The molecule has 1 aliphatic carbocycles. The number of para-hydroxylation sites is 1. The van der Waals surface area contributed by atoms with Crippen molar-refractivity contribution in [3.63, 3.8) is 0 Å². The Hall–Kier alpha value is -2.51. The van der Waals surface area contributed by atoms with Gasteiger partial charge in [0.1, 0.15) is 5.82 Å². The fraction of sp³-hybridized carbons (Fsp3) is 0.409. The maximum Gasteiger partial charge on any atom is 0.237 e.